The van der Waals surface area contributed by atoms with Gasteiger partial charge in [0.25, 0.3) is 11.5 Å². The lowest BCUT2D eigenvalue weighted by molar-refractivity contribution is -0.124. The first-order valence-electron chi connectivity index (χ1n) is 8.89. The number of ether oxygens (including phenoxy) is 1. The number of rotatable bonds is 6. The summed E-state index contributed by atoms with van der Waals surface area (Å²) in [7, 11) is 0. The molecule has 9 nitrogen and oxygen atoms in total. The highest BCUT2D eigenvalue weighted by atomic mass is 16.5. The van der Waals surface area contributed by atoms with Crippen LogP contribution < -0.4 is 10.9 Å². The fourth-order valence-electron chi connectivity index (χ4n) is 2.74. The molecular weight excluding hydrogens is 364 g/mol. The molecule has 146 valence electrons. The number of esters is 1. The molecule has 1 amide bonds. The molecular formula is C19H20N4O5. The molecule has 9 heteroatoms. The minimum Gasteiger partial charge on any atom is -0.447 e. The van der Waals surface area contributed by atoms with Crippen molar-refractivity contribution in [2.45, 2.75) is 39.8 Å². The number of fused-ring (bicyclic) bond motifs is 1. The van der Waals surface area contributed by atoms with Crippen LogP contribution in [0.5, 0.6) is 0 Å². The number of hydrogen-bond donors (Lipinski definition) is 1. The van der Waals surface area contributed by atoms with E-state index in [0.29, 0.717) is 23.1 Å². The van der Waals surface area contributed by atoms with Crippen molar-refractivity contribution in [3.63, 3.8) is 0 Å². The molecule has 0 unspecified atom stereocenters. The first-order chi connectivity index (χ1) is 13.4. The lowest BCUT2D eigenvalue weighted by Gasteiger charge is -2.16. The van der Waals surface area contributed by atoms with Gasteiger partial charge in [-0.2, -0.15) is 5.10 Å². The second-order valence-electron chi connectivity index (χ2n) is 6.13. The zero-order valence-electron chi connectivity index (χ0n) is 15.8. The van der Waals surface area contributed by atoms with Gasteiger partial charge in [0.2, 0.25) is 0 Å². The van der Waals surface area contributed by atoms with Gasteiger partial charge >= 0.3 is 5.97 Å². The smallest absolute Gasteiger partial charge is 0.360 e. The summed E-state index contributed by atoms with van der Waals surface area (Å²) in [6.45, 7) is 5.46. The fraction of sp³-hybridized carbons (Fsp3) is 0.316. The third kappa shape index (κ3) is 3.78. The van der Waals surface area contributed by atoms with Crippen LogP contribution in [0.2, 0.25) is 0 Å². The van der Waals surface area contributed by atoms with E-state index in [9.17, 15) is 14.4 Å². The normalized spacial score (nSPS) is 12.0. The zero-order chi connectivity index (χ0) is 20.3. The van der Waals surface area contributed by atoms with Crippen LogP contribution in [-0.4, -0.2) is 32.9 Å². The summed E-state index contributed by atoms with van der Waals surface area (Å²) in [5, 5.41) is 11.1. The van der Waals surface area contributed by atoms with Crippen LogP contribution in [-0.2, 0) is 16.1 Å². The molecule has 3 aromatic rings. The van der Waals surface area contributed by atoms with Crippen molar-refractivity contribution >= 4 is 28.5 Å². The standard InChI is InChI=1S/C19H20N4O5/c1-4-14(17(24)20-15-10-11(3)28-22-15)27-19(26)16-12-8-6-7-9-13(12)18(25)23(5-2)21-16/h6-10,14H,4-5H2,1-3H3,(H,20,22,24)/t14-/m0/s1. The lowest BCUT2D eigenvalue weighted by atomic mass is 10.1. The third-order valence-corrected chi connectivity index (χ3v) is 4.15. The molecule has 3 rings (SSSR count). The molecule has 2 aromatic heterocycles. The van der Waals surface area contributed by atoms with Crippen molar-refractivity contribution in [2.75, 3.05) is 5.32 Å². The molecule has 0 fully saturated rings. The molecule has 2 heterocycles. The summed E-state index contributed by atoms with van der Waals surface area (Å²) in [6, 6.07) is 8.21. The van der Waals surface area contributed by atoms with Gasteiger partial charge in [0.05, 0.1) is 5.39 Å². The maximum Gasteiger partial charge on any atom is 0.360 e. The molecule has 0 spiro atoms. The summed E-state index contributed by atoms with van der Waals surface area (Å²) < 4.78 is 11.5. The quantitative estimate of drug-likeness (QED) is 0.648. The maximum absolute atomic E-state index is 12.8. The average Bonchev–Trinajstić information content (AvgIpc) is 3.10. The van der Waals surface area contributed by atoms with Gasteiger partial charge in [-0.1, -0.05) is 30.3 Å². The van der Waals surface area contributed by atoms with Gasteiger partial charge in [0, 0.05) is 18.0 Å². The van der Waals surface area contributed by atoms with Gasteiger partial charge in [-0.15, -0.1) is 0 Å². The van der Waals surface area contributed by atoms with E-state index in [-0.39, 0.29) is 23.5 Å². The molecule has 1 atom stereocenters. The Labute approximate surface area is 160 Å². The van der Waals surface area contributed by atoms with Crippen LogP contribution in [0.4, 0.5) is 5.82 Å². The van der Waals surface area contributed by atoms with Crippen molar-refractivity contribution in [3.05, 3.63) is 52.1 Å². The van der Waals surface area contributed by atoms with Crippen molar-refractivity contribution in [1.82, 2.24) is 14.9 Å². The number of anilines is 1. The number of benzene rings is 1. The Morgan fingerprint density at radius 1 is 1.25 bits per heavy atom. The van der Waals surface area contributed by atoms with E-state index in [4.69, 9.17) is 9.26 Å². The van der Waals surface area contributed by atoms with Gasteiger partial charge in [-0.3, -0.25) is 9.59 Å². The van der Waals surface area contributed by atoms with Gasteiger partial charge in [0.15, 0.2) is 17.6 Å². The van der Waals surface area contributed by atoms with Crippen LogP contribution in [0.15, 0.2) is 39.6 Å². The van der Waals surface area contributed by atoms with Crippen LogP contribution in [0.1, 0.15) is 36.5 Å². The van der Waals surface area contributed by atoms with Crippen LogP contribution in [0.3, 0.4) is 0 Å². The Balaban J connectivity index is 1.88. The Morgan fingerprint density at radius 3 is 2.57 bits per heavy atom. The van der Waals surface area contributed by atoms with Gasteiger partial charge in [0.1, 0.15) is 5.76 Å². The highest BCUT2D eigenvalue weighted by molar-refractivity contribution is 6.03. The van der Waals surface area contributed by atoms with Crippen LogP contribution in [0, 0.1) is 6.92 Å². The van der Waals surface area contributed by atoms with Gasteiger partial charge < -0.3 is 14.6 Å². The van der Waals surface area contributed by atoms with E-state index < -0.39 is 18.0 Å². The molecule has 1 N–H and O–H groups in total. The van der Waals surface area contributed by atoms with E-state index >= 15 is 0 Å². The number of nitrogens with zero attached hydrogens (tertiary/aromatic N) is 3. The molecule has 0 saturated carbocycles. The van der Waals surface area contributed by atoms with Gasteiger partial charge in [-0.25, -0.2) is 9.48 Å². The molecule has 0 aliphatic rings. The summed E-state index contributed by atoms with van der Waals surface area (Å²) in [5.74, 6) is -0.535. The Hall–Kier alpha value is -3.49. The molecule has 0 aliphatic carbocycles. The summed E-state index contributed by atoms with van der Waals surface area (Å²) in [6.07, 6.45) is -0.799. The number of amides is 1. The largest absolute Gasteiger partial charge is 0.447 e. The second-order valence-corrected chi connectivity index (χ2v) is 6.13. The van der Waals surface area contributed by atoms with E-state index in [0.717, 1.165) is 0 Å². The molecule has 1 aromatic carbocycles. The molecule has 28 heavy (non-hydrogen) atoms. The summed E-state index contributed by atoms with van der Waals surface area (Å²) in [5.41, 5.74) is -0.304. The molecule has 0 aliphatic heterocycles. The number of aryl methyl sites for hydroxylation is 2. The number of aromatic nitrogens is 3. The molecule has 0 saturated heterocycles. The van der Waals surface area contributed by atoms with E-state index in [2.05, 4.69) is 15.6 Å². The average molecular weight is 384 g/mol. The van der Waals surface area contributed by atoms with E-state index in [1.54, 1.807) is 51.1 Å². The topological polar surface area (TPSA) is 116 Å². The highest BCUT2D eigenvalue weighted by Gasteiger charge is 2.25. The van der Waals surface area contributed by atoms with E-state index in [1.165, 1.54) is 4.68 Å². The van der Waals surface area contributed by atoms with Crippen LogP contribution >= 0.6 is 0 Å². The number of carbonyl (C=O) groups excluding carboxylic acids is 2. The third-order valence-electron chi connectivity index (χ3n) is 4.15. The summed E-state index contributed by atoms with van der Waals surface area (Å²) in [4.78, 5) is 37.6. The fourth-order valence-corrected chi connectivity index (χ4v) is 2.74. The zero-order valence-corrected chi connectivity index (χ0v) is 15.8. The Morgan fingerprint density at radius 2 is 1.96 bits per heavy atom. The predicted molar refractivity (Wildman–Crippen MR) is 101 cm³/mol. The minimum absolute atomic E-state index is 0.0134. The minimum atomic E-state index is -1.05. The van der Waals surface area contributed by atoms with Crippen molar-refractivity contribution < 1.29 is 18.8 Å². The van der Waals surface area contributed by atoms with Gasteiger partial charge in [-0.05, 0) is 26.3 Å². The van der Waals surface area contributed by atoms with Crippen molar-refractivity contribution in [2.24, 2.45) is 0 Å². The number of nitrogens with one attached hydrogen (secondary N) is 1. The Kier molecular flexibility index (Phi) is 5.53. The Bertz CT molecular complexity index is 1090. The summed E-state index contributed by atoms with van der Waals surface area (Å²) >= 11 is 0. The first-order valence-corrected chi connectivity index (χ1v) is 8.89. The van der Waals surface area contributed by atoms with Crippen LogP contribution in [0.25, 0.3) is 10.8 Å². The van der Waals surface area contributed by atoms with Crippen molar-refractivity contribution in [3.8, 4) is 0 Å². The monoisotopic (exact) mass is 384 g/mol. The number of carbonyl (C=O) groups is 2. The molecule has 0 radical (unpaired) electrons. The van der Waals surface area contributed by atoms with E-state index in [1.807, 2.05) is 0 Å². The molecule has 0 bridgehead atoms. The highest BCUT2D eigenvalue weighted by Crippen LogP contribution is 2.16. The van der Waals surface area contributed by atoms with Crippen molar-refractivity contribution in [1.29, 1.82) is 0 Å². The number of hydrogen-bond acceptors (Lipinski definition) is 7. The SMILES string of the molecule is CC[C@H](OC(=O)c1nn(CC)c(=O)c2ccccc12)C(=O)Nc1cc(C)on1. The lowest BCUT2D eigenvalue weighted by Crippen LogP contribution is -2.33. The predicted octanol–water partition coefficient (Wildman–Crippen LogP) is 2.29. The first kappa shape index (κ1) is 19.3. The maximum atomic E-state index is 12.8. The second kappa shape index (κ2) is 8.03.